The van der Waals surface area contributed by atoms with Gasteiger partial charge in [0.05, 0.1) is 18.4 Å². The number of nitrogens with zero attached hydrogens (tertiary/aromatic N) is 2. The van der Waals surface area contributed by atoms with Gasteiger partial charge in [-0.1, -0.05) is 0 Å². The average Bonchev–Trinajstić information content (AvgIpc) is 2.58. The molecule has 1 heterocycles. The molecule has 2 rings (SSSR count). The van der Waals surface area contributed by atoms with E-state index in [1.807, 2.05) is 4.68 Å². The monoisotopic (exact) mass is 167 g/mol. The molecule has 0 saturated heterocycles. The Kier molecular flexibility index (Phi) is 1.77. The molecular weight excluding hydrogens is 154 g/mol. The van der Waals surface area contributed by atoms with E-state index in [0.29, 0.717) is 12.1 Å². The SMILES string of the molecule is NC1CCC(n2cc(O)cn2)C1. The van der Waals surface area contributed by atoms with Crippen molar-refractivity contribution in [3.05, 3.63) is 12.4 Å². The van der Waals surface area contributed by atoms with Gasteiger partial charge in [-0.3, -0.25) is 4.68 Å². The lowest BCUT2D eigenvalue weighted by atomic mass is 10.2. The number of hydrogen-bond donors (Lipinski definition) is 2. The summed E-state index contributed by atoms with van der Waals surface area (Å²) in [6.45, 7) is 0. The maximum absolute atomic E-state index is 9.06. The minimum absolute atomic E-state index is 0.232. The first kappa shape index (κ1) is 7.61. The van der Waals surface area contributed by atoms with E-state index in [1.165, 1.54) is 6.20 Å². The van der Waals surface area contributed by atoms with E-state index >= 15 is 0 Å². The molecule has 4 nitrogen and oxygen atoms in total. The fourth-order valence-corrected chi connectivity index (χ4v) is 1.76. The molecule has 4 heteroatoms. The lowest BCUT2D eigenvalue weighted by Crippen LogP contribution is -2.16. The maximum atomic E-state index is 9.06. The Hall–Kier alpha value is -1.03. The fraction of sp³-hybridized carbons (Fsp3) is 0.625. The number of nitrogens with two attached hydrogens (primary N) is 1. The van der Waals surface area contributed by atoms with E-state index in [4.69, 9.17) is 10.8 Å². The van der Waals surface area contributed by atoms with E-state index in [0.717, 1.165) is 19.3 Å². The van der Waals surface area contributed by atoms with E-state index in [2.05, 4.69) is 5.10 Å². The molecule has 3 N–H and O–H groups in total. The summed E-state index contributed by atoms with van der Waals surface area (Å²) in [6, 6.07) is 0.697. The zero-order valence-electron chi connectivity index (χ0n) is 6.85. The van der Waals surface area contributed by atoms with Crippen molar-refractivity contribution >= 4 is 0 Å². The first-order valence-electron chi connectivity index (χ1n) is 4.24. The smallest absolute Gasteiger partial charge is 0.153 e. The molecule has 0 bridgehead atoms. The molecule has 0 amide bonds. The van der Waals surface area contributed by atoms with Crippen molar-refractivity contribution in [2.24, 2.45) is 5.73 Å². The summed E-state index contributed by atoms with van der Waals surface area (Å²) in [7, 11) is 0. The highest BCUT2D eigenvalue weighted by Gasteiger charge is 2.23. The summed E-state index contributed by atoms with van der Waals surface area (Å²) < 4.78 is 1.81. The van der Waals surface area contributed by atoms with Gasteiger partial charge >= 0.3 is 0 Å². The van der Waals surface area contributed by atoms with Gasteiger partial charge in [0.15, 0.2) is 5.75 Å². The first-order valence-corrected chi connectivity index (χ1v) is 4.24. The second-order valence-corrected chi connectivity index (χ2v) is 3.41. The minimum atomic E-state index is 0.232. The second-order valence-electron chi connectivity index (χ2n) is 3.41. The van der Waals surface area contributed by atoms with Crippen LogP contribution in [0, 0.1) is 0 Å². The van der Waals surface area contributed by atoms with Crippen LogP contribution in [-0.2, 0) is 0 Å². The molecule has 0 aromatic carbocycles. The van der Waals surface area contributed by atoms with Gasteiger partial charge in [-0.05, 0) is 19.3 Å². The third-order valence-corrected chi connectivity index (χ3v) is 2.41. The van der Waals surface area contributed by atoms with Crippen LogP contribution in [0.3, 0.4) is 0 Å². The molecule has 2 unspecified atom stereocenters. The molecule has 1 aromatic heterocycles. The van der Waals surface area contributed by atoms with Gasteiger partial charge < -0.3 is 10.8 Å². The summed E-state index contributed by atoms with van der Waals surface area (Å²) in [5.74, 6) is 0.232. The molecule has 12 heavy (non-hydrogen) atoms. The highest BCUT2D eigenvalue weighted by Crippen LogP contribution is 2.28. The van der Waals surface area contributed by atoms with E-state index in [-0.39, 0.29) is 5.75 Å². The van der Waals surface area contributed by atoms with Crippen molar-refractivity contribution in [2.75, 3.05) is 0 Å². The number of rotatable bonds is 1. The van der Waals surface area contributed by atoms with Crippen LogP contribution >= 0.6 is 0 Å². The van der Waals surface area contributed by atoms with Crippen LogP contribution < -0.4 is 5.73 Å². The minimum Gasteiger partial charge on any atom is -0.505 e. The molecule has 66 valence electrons. The third kappa shape index (κ3) is 1.30. The van der Waals surface area contributed by atoms with Crippen LogP contribution in [0.1, 0.15) is 25.3 Å². The lowest BCUT2D eigenvalue weighted by Gasteiger charge is -2.08. The number of aromatic hydroxyl groups is 1. The quantitative estimate of drug-likeness (QED) is 0.645. The van der Waals surface area contributed by atoms with Gasteiger partial charge in [0.1, 0.15) is 0 Å². The highest BCUT2D eigenvalue weighted by molar-refractivity contribution is 5.09. The zero-order chi connectivity index (χ0) is 8.55. The second kappa shape index (κ2) is 2.79. The van der Waals surface area contributed by atoms with Crippen LogP contribution in [0.2, 0.25) is 0 Å². The van der Waals surface area contributed by atoms with Crippen LogP contribution in [0.25, 0.3) is 0 Å². The molecular formula is C8H13N3O. The molecule has 0 radical (unpaired) electrons. The summed E-state index contributed by atoms with van der Waals surface area (Å²) in [5.41, 5.74) is 5.77. The van der Waals surface area contributed by atoms with Gasteiger partial charge in [-0.15, -0.1) is 0 Å². The molecule has 1 fully saturated rings. The topological polar surface area (TPSA) is 64.1 Å². The Bertz CT molecular complexity index is 271. The van der Waals surface area contributed by atoms with Gasteiger partial charge in [0, 0.05) is 6.04 Å². The Morgan fingerprint density at radius 2 is 2.42 bits per heavy atom. The number of aromatic nitrogens is 2. The lowest BCUT2D eigenvalue weighted by molar-refractivity contribution is 0.448. The van der Waals surface area contributed by atoms with Gasteiger partial charge in [-0.2, -0.15) is 5.10 Å². The Morgan fingerprint density at radius 3 is 2.92 bits per heavy atom. The molecule has 0 spiro atoms. The summed E-state index contributed by atoms with van der Waals surface area (Å²) in [4.78, 5) is 0. The molecule has 1 aromatic rings. The van der Waals surface area contributed by atoms with Crippen molar-refractivity contribution < 1.29 is 5.11 Å². The van der Waals surface area contributed by atoms with Crippen molar-refractivity contribution in [1.82, 2.24) is 9.78 Å². The first-order chi connectivity index (χ1) is 5.75. The highest BCUT2D eigenvalue weighted by atomic mass is 16.3. The standard InChI is InChI=1S/C8H13N3O/c9-6-1-2-7(3-6)11-5-8(12)4-10-11/h4-7,12H,1-3,9H2. The summed E-state index contributed by atoms with van der Waals surface area (Å²) in [5, 5.41) is 13.1. The van der Waals surface area contributed by atoms with Crippen molar-refractivity contribution in [3.63, 3.8) is 0 Å². The van der Waals surface area contributed by atoms with Crippen molar-refractivity contribution in [1.29, 1.82) is 0 Å². The molecule has 0 aliphatic heterocycles. The average molecular weight is 167 g/mol. The Labute approximate surface area is 71.0 Å². The third-order valence-electron chi connectivity index (χ3n) is 2.41. The molecule has 1 saturated carbocycles. The van der Waals surface area contributed by atoms with Crippen LogP contribution in [0.4, 0.5) is 0 Å². The predicted molar refractivity (Wildman–Crippen MR) is 44.8 cm³/mol. The Morgan fingerprint density at radius 1 is 1.58 bits per heavy atom. The largest absolute Gasteiger partial charge is 0.505 e. The van der Waals surface area contributed by atoms with E-state index in [1.54, 1.807) is 6.20 Å². The Balaban J connectivity index is 2.11. The maximum Gasteiger partial charge on any atom is 0.153 e. The fourth-order valence-electron chi connectivity index (χ4n) is 1.76. The van der Waals surface area contributed by atoms with Gasteiger partial charge in [-0.25, -0.2) is 0 Å². The molecule has 1 aliphatic carbocycles. The molecule has 1 aliphatic rings. The van der Waals surface area contributed by atoms with Gasteiger partial charge in [0.2, 0.25) is 0 Å². The van der Waals surface area contributed by atoms with Crippen LogP contribution in [-0.4, -0.2) is 20.9 Å². The van der Waals surface area contributed by atoms with E-state index in [9.17, 15) is 0 Å². The van der Waals surface area contributed by atoms with Crippen molar-refractivity contribution in [2.45, 2.75) is 31.3 Å². The van der Waals surface area contributed by atoms with E-state index < -0.39 is 0 Å². The zero-order valence-corrected chi connectivity index (χ0v) is 6.85. The van der Waals surface area contributed by atoms with Crippen LogP contribution in [0.5, 0.6) is 5.75 Å². The predicted octanol–water partition coefficient (Wildman–Crippen LogP) is 0.641. The number of hydrogen-bond acceptors (Lipinski definition) is 3. The van der Waals surface area contributed by atoms with Crippen molar-refractivity contribution in [3.8, 4) is 5.75 Å². The molecule has 2 atom stereocenters. The van der Waals surface area contributed by atoms with Gasteiger partial charge in [0.25, 0.3) is 0 Å². The summed E-state index contributed by atoms with van der Waals surface area (Å²) in [6.07, 6.45) is 6.22. The normalized spacial score (nSPS) is 29.4. The summed E-state index contributed by atoms with van der Waals surface area (Å²) >= 11 is 0. The van der Waals surface area contributed by atoms with Crippen LogP contribution in [0.15, 0.2) is 12.4 Å².